The van der Waals surface area contributed by atoms with E-state index in [4.69, 9.17) is 17.0 Å². The number of nitrogens with one attached hydrogen (secondary N) is 1. The molecule has 4 nitrogen and oxygen atoms in total. The van der Waals surface area contributed by atoms with E-state index in [-0.39, 0.29) is 9.79 Å². The van der Waals surface area contributed by atoms with Gasteiger partial charge in [0, 0.05) is 11.6 Å². The lowest BCUT2D eigenvalue weighted by molar-refractivity contribution is 0.413. The van der Waals surface area contributed by atoms with Crippen molar-refractivity contribution in [3.05, 3.63) is 48.0 Å². The molecule has 1 aliphatic heterocycles. The van der Waals surface area contributed by atoms with Gasteiger partial charge in [0.15, 0.2) is 0 Å². The van der Waals surface area contributed by atoms with Crippen LogP contribution in [0.2, 0.25) is 0 Å². The number of methoxy groups -OCH3 is 1. The standard InChI is InChI=1S/C14H11NO3S2/c1-18-9-6-7-11-13(8-9)20(16,17)12-5-3-2-4-10(12)14(19)15-11/h2-8H,1H3,(H,15,19). The number of sulfone groups is 1. The van der Waals surface area contributed by atoms with Gasteiger partial charge in [-0.05, 0) is 18.2 Å². The number of anilines is 1. The molecule has 6 heteroatoms. The number of thiocarbonyl (C=S) groups is 1. The van der Waals surface area contributed by atoms with Gasteiger partial charge in [0.25, 0.3) is 0 Å². The zero-order valence-electron chi connectivity index (χ0n) is 10.6. The summed E-state index contributed by atoms with van der Waals surface area (Å²) < 4.78 is 30.7. The molecule has 0 saturated carbocycles. The maximum Gasteiger partial charge on any atom is 0.209 e. The Labute approximate surface area is 122 Å². The summed E-state index contributed by atoms with van der Waals surface area (Å²) >= 11 is 5.28. The van der Waals surface area contributed by atoms with Crippen LogP contribution in [-0.4, -0.2) is 20.5 Å². The highest BCUT2D eigenvalue weighted by Gasteiger charge is 2.29. The molecule has 0 unspecified atom stereocenters. The number of benzene rings is 2. The van der Waals surface area contributed by atoms with Gasteiger partial charge in [0.1, 0.15) is 10.7 Å². The summed E-state index contributed by atoms with van der Waals surface area (Å²) in [5, 5.41) is 2.98. The molecule has 1 aliphatic rings. The van der Waals surface area contributed by atoms with Gasteiger partial charge in [-0.2, -0.15) is 0 Å². The maximum absolute atomic E-state index is 12.8. The lowest BCUT2D eigenvalue weighted by Gasteiger charge is -2.09. The van der Waals surface area contributed by atoms with E-state index in [0.29, 0.717) is 22.0 Å². The summed E-state index contributed by atoms with van der Waals surface area (Å²) in [6.07, 6.45) is 0. The summed E-state index contributed by atoms with van der Waals surface area (Å²) in [4.78, 5) is 0.779. The van der Waals surface area contributed by atoms with Crippen LogP contribution in [0.15, 0.2) is 52.3 Å². The maximum atomic E-state index is 12.8. The summed E-state index contributed by atoms with van der Waals surface area (Å²) in [5.41, 5.74) is 0.977. The second-order valence-corrected chi connectivity index (χ2v) is 6.61. The Hall–Kier alpha value is -1.92. The smallest absolute Gasteiger partial charge is 0.209 e. The minimum Gasteiger partial charge on any atom is -0.497 e. The minimum atomic E-state index is -3.63. The first kappa shape index (κ1) is 13.1. The molecule has 0 spiro atoms. The fraction of sp³-hybridized carbons (Fsp3) is 0.0714. The monoisotopic (exact) mass is 305 g/mol. The molecule has 0 bridgehead atoms. The number of fused-ring (bicyclic) bond motifs is 2. The van der Waals surface area contributed by atoms with Crippen LogP contribution < -0.4 is 10.1 Å². The van der Waals surface area contributed by atoms with Crippen LogP contribution in [0.25, 0.3) is 0 Å². The molecule has 0 aliphatic carbocycles. The van der Waals surface area contributed by atoms with Gasteiger partial charge in [-0.15, -0.1) is 0 Å². The van der Waals surface area contributed by atoms with E-state index in [1.165, 1.54) is 13.2 Å². The first-order valence-corrected chi connectivity index (χ1v) is 7.76. The lowest BCUT2D eigenvalue weighted by atomic mass is 10.2. The van der Waals surface area contributed by atoms with Crippen molar-refractivity contribution in [2.24, 2.45) is 0 Å². The second kappa shape index (κ2) is 4.57. The molecule has 0 aromatic heterocycles. The van der Waals surface area contributed by atoms with Gasteiger partial charge in [-0.3, -0.25) is 0 Å². The average molecular weight is 305 g/mol. The Balaban J connectivity index is 2.37. The second-order valence-electron chi connectivity index (χ2n) is 4.32. The van der Waals surface area contributed by atoms with E-state index in [1.807, 2.05) is 0 Å². The Bertz CT molecular complexity index is 813. The number of hydrogen-bond donors (Lipinski definition) is 1. The van der Waals surface area contributed by atoms with E-state index in [2.05, 4.69) is 5.32 Å². The Morgan fingerprint density at radius 1 is 1.10 bits per heavy atom. The van der Waals surface area contributed by atoms with Crippen LogP contribution in [0.5, 0.6) is 5.75 Å². The van der Waals surface area contributed by atoms with Crippen LogP contribution >= 0.6 is 12.2 Å². The average Bonchev–Trinajstić information content (AvgIpc) is 2.54. The van der Waals surface area contributed by atoms with Crippen molar-refractivity contribution in [1.29, 1.82) is 0 Å². The third-order valence-electron chi connectivity index (χ3n) is 3.15. The fourth-order valence-corrected chi connectivity index (χ4v) is 4.14. The van der Waals surface area contributed by atoms with Gasteiger partial charge in [-0.1, -0.05) is 30.4 Å². The van der Waals surface area contributed by atoms with Crippen LogP contribution in [0.1, 0.15) is 5.56 Å². The van der Waals surface area contributed by atoms with E-state index >= 15 is 0 Å². The molecule has 2 aromatic carbocycles. The van der Waals surface area contributed by atoms with Crippen molar-refractivity contribution in [1.82, 2.24) is 0 Å². The van der Waals surface area contributed by atoms with E-state index < -0.39 is 9.84 Å². The number of ether oxygens (including phenoxy) is 1. The Kier molecular flexibility index (Phi) is 2.99. The zero-order chi connectivity index (χ0) is 14.3. The molecule has 0 atom stereocenters. The van der Waals surface area contributed by atoms with Crippen molar-refractivity contribution < 1.29 is 13.2 Å². The first-order valence-electron chi connectivity index (χ1n) is 5.87. The molecule has 1 N–H and O–H groups in total. The van der Waals surface area contributed by atoms with Gasteiger partial charge >= 0.3 is 0 Å². The summed E-state index contributed by atoms with van der Waals surface area (Å²) in [5.74, 6) is 0.486. The highest BCUT2D eigenvalue weighted by molar-refractivity contribution is 7.92. The van der Waals surface area contributed by atoms with Crippen molar-refractivity contribution in [3.8, 4) is 5.75 Å². The molecular weight excluding hydrogens is 294 g/mol. The van der Waals surface area contributed by atoms with Crippen molar-refractivity contribution >= 4 is 32.7 Å². The predicted octanol–water partition coefficient (Wildman–Crippen LogP) is 2.63. The van der Waals surface area contributed by atoms with Crippen molar-refractivity contribution in [2.45, 2.75) is 9.79 Å². The lowest BCUT2D eigenvalue weighted by Crippen LogP contribution is -2.10. The topological polar surface area (TPSA) is 55.4 Å². The summed E-state index contributed by atoms with van der Waals surface area (Å²) in [6.45, 7) is 0. The van der Waals surface area contributed by atoms with Crippen LogP contribution in [-0.2, 0) is 9.84 Å². The molecule has 102 valence electrons. The molecule has 0 radical (unpaired) electrons. The van der Waals surface area contributed by atoms with Gasteiger partial charge in [0.05, 0.1) is 22.6 Å². The molecule has 3 rings (SSSR count). The molecule has 1 heterocycles. The normalized spacial score (nSPS) is 15.6. The van der Waals surface area contributed by atoms with Crippen LogP contribution in [0.3, 0.4) is 0 Å². The first-order chi connectivity index (χ1) is 9.54. The molecule has 20 heavy (non-hydrogen) atoms. The zero-order valence-corrected chi connectivity index (χ0v) is 12.2. The minimum absolute atomic E-state index is 0.171. The molecule has 0 amide bonds. The Morgan fingerprint density at radius 3 is 2.60 bits per heavy atom. The van der Waals surface area contributed by atoms with Gasteiger partial charge < -0.3 is 10.1 Å². The quantitative estimate of drug-likeness (QED) is 0.821. The van der Waals surface area contributed by atoms with Crippen LogP contribution in [0, 0.1) is 0 Å². The number of hydrogen-bond acceptors (Lipinski definition) is 4. The van der Waals surface area contributed by atoms with E-state index in [1.54, 1.807) is 36.4 Å². The molecule has 0 saturated heterocycles. The molecule has 0 fully saturated rings. The van der Waals surface area contributed by atoms with Crippen LogP contribution in [0.4, 0.5) is 5.69 Å². The predicted molar refractivity (Wildman–Crippen MR) is 80.2 cm³/mol. The fourth-order valence-electron chi connectivity index (χ4n) is 2.15. The number of rotatable bonds is 1. The van der Waals surface area contributed by atoms with Gasteiger partial charge in [-0.25, -0.2) is 8.42 Å². The van der Waals surface area contributed by atoms with Crippen molar-refractivity contribution in [3.63, 3.8) is 0 Å². The third kappa shape index (κ3) is 1.88. The highest BCUT2D eigenvalue weighted by atomic mass is 32.2. The van der Waals surface area contributed by atoms with E-state index in [0.717, 1.165) is 0 Å². The van der Waals surface area contributed by atoms with Crippen molar-refractivity contribution in [2.75, 3.05) is 12.4 Å². The largest absolute Gasteiger partial charge is 0.497 e. The summed E-state index contributed by atoms with van der Waals surface area (Å²) in [7, 11) is -2.14. The third-order valence-corrected chi connectivity index (χ3v) is 5.32. The Morgan fingerprint density at radius 2 is 1.85 bits per heavy atom. The SMILES string of the molecule is COc1ccc2c(c1)S(=O)(=O)c1ccccc1C(=S)N2. The highest BCUT2D eigenvalue weighted by Crippen LogP contribution is 2.35. The van der Waals surface area contributed by atoms with Gasteiger partial charge in [0.2, 0.25) is 9.84 Å². The molecule has 2 aromatic rings. The molecular formula is C14H11NO3S2. The summed E-state index contributed by atoms with van der Waals surface area (Å²) in [6, 6.07) is 11.6. The van der Waals surface area contributed by atoms with E-state index in [9.17, 15) is 8.42 Å².